The van der Waals surface area contributed by atoms with Crippen LogP contribution in [0.25, 0.3) is 11.0 Å². The van der Waals surface area contributed by atoms with Crippen molar-refractivity contribution in [2.24, 2.45) is 0 Å². The highest BCUT2D eigenvalue weighted by Crippen LogP contribution is 2.33. The molecule has 0 radical (unpaired) electrons. The lowest BCUT2D eigenvalue weighted by Gasteiger charge is -2.39. The van der Waals surface area contributed by atoms with Crippen LogP contribution in [-0.2, 0) is 11.2 Å². The first kappa shape index (κ1) is 18.8. The van der Waals surface area contributed by atoms with Gasteiger partial charge in [0.1, 0.15) is 35.7 Å². The Morgan fingerprint density at radius 2 is 1.85 bits per heavy atom. The maximum absolute atomic E-state index is 11.7. The Hall–Kier alpha value is -1.97. The second-order valence-electron chi connectivity index (χ2n) is 6.40. The van der Waals surface area contributed by atoms with E-state index in [4.69, 9.17) is 13.9 Å². The first-order valence-electron chi connectivity index (χ1n) is 8.40. The summed E-state index contributed by atoms with van der Waals surface area (Å²) in [5.74, 6) is 0.310. The van der Waals surface area contributed by atoms with E-state index in [0.717, 1.165) is 5.56 Å². The molecule has 0 bridgehead atoms. The predicted molar refractivity (Wildman–Crippen MR) is 91.0 cm³/mol. The quantitative estimate of drug-likeness (QED) is 0.550. The van der Waals surface area contributed by atoms with Crippen LogP contribution in [0.5, 0.6) is 5.75 Å². The third kappa shape index (κ3) is 3.34. The standard InChI is InChI=1S/C18H22O8/c1-3-9-6-13(20)24-10-4-8(2)5-11(14(9)10)25-18-17(23)16(22)15(21)12(7-19)26-18/h4-6,12,15-19,21-23H,3,7H2,1-2H3. The molecule has 8 heteroatoms. The molecule has 2 heterocycles. The Morgan fingerprint density at radius 1 is 1.12 bits per heavy atom. The molecule has 1 aromatic heterocycles. The van der Waals surface area contributed by atoms with Gasteiger partial charge in [0.15, 0.2) is 0 Å². The molecule has 1 fully saturated rings. The molecule has 2 aromatic rings. The summed E-state index contributed by atoms with van der Waals surface area (Å²) in [4.78, 5) is 11.7. The highest BCUT2D eigenvalue weighted by molar-refractivity contribution is 5.87. The Morgan fingerprint density at radius 3 is 2.50 bits per heavy atom. The van der Waals surface area contributed by atoms with Gasteiger partial charge < -0.3 is 34.3 Å². The normalized spacial score (nSPS) is 29.1. The molecule has 5 unspecified atom stereocenters. The number of hydrogen-bond acceptors (Lipinski definition) is 8. The summed E-state index contributed by atoms with van der Waals surface area (Å²) in [6.07, 6.45) is -6.36. The van der Waals surface area contributed by atoms with Crippen molar-refractivity contribution in [3.05, 3.63) is 39.7 Å². The summed E-state index contributed by atoms with van der Waals surface area (Å²) in [5.41, 5.74) is 1.33. The van der Waals surface area contributed by atoms with Gasteiger partial charge in [-0.2, -0.15) is 0 Å². The predicted octanol–water partition coefficient (Wildman–Crippen LogP) is -0.157. The molecule has 3 rings (SSSR count). The van der Waals surface area contributed by atoms with Crippen molar-refractivity contribution >= 4 is 11.0 Å². The fraction of sp³-hybridized carbons (Fsp3) is 0.500. The van der Waals surface area contributed by atoms with Crippen LogP contribution in [0.4, 0.5) is 0 Å². The van der Waals surface area contributed by atoms with Crippen LogP contribution >= 0.6 is 0 Å². The van der Waals surface area contributed by atoms with Crippen LogP contribution in [0.2, 0.25) is 0 Å². The first-order chi connectivity index (χ1) is 12.3. The van der Waals surface area contributed by atoms with Crippen molar-refractivity contribution in [3.63, 3.8) is 0 Å². The second-order valence-corrected chi connectivity index (χ2v) is 6.40. The molecule has 26 heavy (non-hydrogen) atoms. The number of rotatable bonds is 4. The van der Waals surface area contributed by atoms with Gasteiger partial charge in [0.25, 0.3) is 0 Å². The summed E-state index contributed by atoms with van der Waals surface area (Å²) < 4.78 is 16.4. The minimum Gasteiger partial charge on any atom is -0.461 e. The average molecular weight is 366 g/mol. The summed E-state index contributed by atoms with van der Waals surface area (Å²) >= 11 is 0. The molecule has 5 atom stereocenters. The van der Waals surface area contributed by atoms with Crippen LogP contribution in [0.1, 0.15) is 18.1 Å². The van der Waals surface area contributed by atoms with Crippen LogP contribution in [0.15, 0.2) is 27.4 Å². The number of fused-ring (bicyclic) bond motifs is 1. The Balaban J connectivity index is 2.04. The lowest BCUT2D eigenvalue weighted by Crippen LogP contribution is -2.60. The van der Waals surface area contributed by atoms with E-state index in [0.29, 0.717) is 28.7 Å². The van der Waals surface area contributed by atoms with Crippen LogP contribution in [0, 0.1) is 6.92 Å². The minimum absolute atomic E-state index is 0.310. The van der Waals surface area contributed by atoms with Gasteiger partial charge in [-0.15, -0.1) is 0 Å². The van der Waals surface area contributed by atoms with Crippen molar-refractivity contribution in [2.45, 2.75) is 51.0 Å². The van der Waals surface area contributed by atoms with Crippen LogP contribution in [0.3, 0.4) is 0 Å². The molecular formula is C18H22O8. The van der Waals surface area contributed by atoms with Gasteiger partial charge in [0, 0.05) is 6.07 Å². The number of benzene rings is 1. The lowest BCUT2D eigenvalue weighted by atomic mass is 9.99. The summed E-state index contributed by atoms with van der Waals surface area (Å²) in [7, 11) is 0. The van der Waals surface area contributed by atoms with E-state index in [9.17, 15) is 25.2 Å². The lowest BCUT2D eigenvalue weighted by molar-refractivity contribution is -0.277. The largest absolute Gasteiger partial charge is 0.461 e. The zero-order valence-electron chi connectivity index (χ0n) is 14.5. The van der Waals surface area contributed by atoms with Crippen molar-refractivity contribution in [2.75, 3.05) is 6.61 Å². The van der Waals surface area contributed by atoms with Crippen molar-refractivity contribution in [3.8, 4) is 5.75 Å². The fourth-order valence-electron chi connectivity index (χ4n) is 3.13. The summed E-state index contributed by atoms with van der Waals surface area (Å²) in [6.45, 7) is 3.12. The molecule has 0 spiro atoms. The van der Waals surface area contributed by atoms with Gasteiger partial charge in [0.2, 0.25) is 6.29 Å². The van der Waals surface area contributed by atoms with E-state index in [2.05, 4.69) is 0 Å². The van der Waals surface area contributed by atoms with Gasteiger partial charge in [-0.1, -0.05) is 6.92 Å². The summed E-state index contributed by atoms with van der Waals surface area (Å²) in [6, 6.07) is 4.77. The topological polar surface area (TPSA) is 130 Å². The maximum Gasteiger partial charge on any atom is 0.336 e. The fourth-order valence-corrected chi connectivity index (χ4v) is 3.13. The second kappa shape index (κ2) is 7.34. The molecule has 1 aliphatic rings. The molecule has 0 aliphatic carbocycles. The molecular weight excluding hydrogens is 344 g/mol. The Kier molecular flexibility index (Phi) is 5.31. The van der Waals surface area contributed by atoms with Crippen molar-refractivity contribution in [1.29, 1.82) is 0 Å². The van der Waals surface area contributed by atoms with Gasteiger partial charge in [0.05, 0.1) is 12.0 Å². The summed E-state index contributed by atoms with van der Waals surface area (Å²) in [5, 5.41) is 39.8. The molecule has 0 saturated carbocycles. The number of aryl methyl sites for hydroxylation is 2. The zero-order valence-corrected chi connectivity index (χ0v) is 14.5. The number of aliphatic hydroxyl groups is 4. The molecule has 1 aliphatic heterocycles. The van der Waals surface area contributed by atoms with E-state index >= 15 is 0 Å². The molecule has 1 saturated heterocycles. The van der Waals surface area contributed by atoms with Crippen LogP contribution in [-0.4, -0.2) is 57.7 Å². The van der Waals surface area contributed by atoms with Crippen molar-refractivity contribution < 1.29 is 34.3 Å². The van der Waals surface area contributed by atoms with Gasteiger partial charge in [-0.3, -0.25) is 0 Å². The van der Waals surface area contributed by atoms with Gasteiger partial charge in [-0.25, -0.2) is 4.79 Å². The van der Waals surface area contributed by atoms with E-state index in [1.165, 1.54) is 6.07 Å². The smallest absolute Gasteiger partial charge is 0.336 e. The minimum atomic E-state index is -1.54. The van der Waals surface area contributed by atoms with Gasteiger partial charge >= 0.3 is 5.63 Å². The Bertz CT molecular complexity index is 843. The Labute approximate surface area is 149 Å². The highest BCUT2D eigenvalue weighted by Gasteiger charge is 2.44. The number of hydrogen-bond donors (Lipinski definition) is 4. The monoisotopic (exact) mass is 366 g/mol. The van der Waals surface area contributed by atoms with E-state index in [-0.39, 0.29) is 0 Å². The van der Waals surface area contributed by atoms with E-state index in [1.54, 1.807) is 19.1 Å². The molecule has 8 nitrogen and oxygen atoms in total. The molecule has 0 amide bonds. The SMILES string of the molecule is CCc1cc(=O)oc2cc(C)cc(OC3OC(CO)C(O)C(O)C3O)c12. The first-order valence-corrected chi connectivity index (χ1v) is 8.40. The number of ether oxygens (including phenoxy) is 2. The van der Waals surface area contributed by atoms with Crippen LogP contribution < -0.4 is 10.4 Å². The van der Waals surface area contributed by atoms with Gasteiger partial charge in [-0.05, 0) is 36.6 Å². The maximum atomic E-state index is 11.7. The van der Waals surface area contributed by atoms with Crippen molar-refractivity contribution in [1.82, 2.24) is 0 Å². The zero-order chi connectivity index (χ0) is 19.0. The van der Waals surface area contributed by atoms with E-state index in [1.807, 2.05) is 6.92 Å². The van der Waals surface area contributed by atoms with E-state index < -0.39 is 42.9 Å². The average Bonchev–Trinajstić information content (AvgIpc) is 2.60. The highest BCUT2D eigenvalue weighted by atomic mass is 16.7. The third-order valence-electron chi connectivity index (χ3n) is 4.51. The number of aliphatic hydroxyl groups excluding tert-OH is 4. The molecule has 142 valence electrons. The third-order valence-corrected chi connectivity index (χ3v) is 4.51. The molecule has 1 aromatic carbocycles. The molecule has 4 N–H and O–H groups in total.